The third kappa shape index (κ3) is 3.44. The molecule has 0 atom stereocenters. The Morgan fingerprint density at radius 2 is 1.84 bits per heavy atom. The molecule has 1 aliphatic rings. The highest BCUT2D eigenvalue weighted by molar-refractivity contribution is 9.10. The fraction of sp³-hybridized carbons (Fsp3) is 0.400. The molecule has 0 N–H and O–H groups in total. The molecular formula is C15H17BrN2S. The fourth-order valence-corrected chi connectivity index (χ4v) is 3.53. The minimum absolute atomic E-state index is 1.01. The minimum Gasteiger partial charge on any atom is -0.297 e. The Kier molecular flexibility index (Phi) is 4.31. The van der Waals surface area contributed by atoms with Gasteiger partial charge in [0.15, 0.2) is 0 Å². The molecule has 1 aromatic heterocycles. The van der Waals surface area contributed by atoms with Crippen LogP contribution >= 0.6 is 27.3 Å². The molecule has 0 aliphatic carbocycles. The molecule has 0 saturated carbocycles. The summed E-state index contributed by atoms with van der Waals surface area (Å²) in [6, 6.07) is 8.38. The first kappa shape index (κ1) is 13.3. The maximum Gasteiger partial charge on any atom is 0.123 e. The summed E-state index contributed by atoms with van der Waals surface area (Å²) in [4.78, 5) is 7.28. The molecule has 0 spiro atoms. The average Bonchev–Trinajstić information content (AvgIpc) is 2.89. The van der Waals surface area contributed by atoms with Gasteiger partial charge in [0.2, 0.25) is 0 Å². The molecule has 2 aromatic rings. The second-order valence-corrected chi connectivity index (χ2v) is 6.76. The van der Waals surface area contributed by atoms with Crippen molar-refractivity contribution in [3.63, 3.8) is 0 Å². The first-order valence-electron chi connectivity index (χ1n) is 6.74. The number of rotatable bonds is 3. The van der Waals surface area contributed by atoms with Crippen LogP contribution in [-0.4, -0.2) is 23.0 Å². The minimum atomic E-state index is 1.01. The van der Waals surface area contributed by atoms with Gasteiger partial charge in [-0.2, -0.15) is 0 Å². The summed E-state index contributed by atoms with van der Waals surface area (Å²) in [5.74, 6) is 0. The van der Waals surface area contributed by atoms with Crippen molar-refractivity contribution in [2.75, 3.05) is 13.1 Å². The number of likely N-dealkylation sites (tertiary alicyclic amines) is 1. The van der Waals surface area contributed by atoms with Crippen LogP contribution in [0.5, 0.6) is 0 Å². The molecule has 1 saturated heterocycles. The molecule has 1 aliphatic heterocycles. The Morgan fingerprint density at radius 1 is 1.11 bits per heavy atom. The summed E-state index contributed by atoms with van der Waals surface area (Å²) in [6.45, 7) is 3.46. The van der Waals surface area contributed by atoms with Gasteiger partial charge in [0, 0.05) is 22.0 Å². The van der Waals surface area contributed by atoms with Crippen LogP contribution in [0.25, 0.3) is 10.6 Å². The molecule has 1 aromatic carbocycles. The number of halogens is 1. The van der Waals surface area contributed by atoms with Crippen molar-refractivity contribution in [1.82, 2.24) is 9.88 Å². The summed E-state index contributed by atoms with van der Waals surface area (Å²) in [7, 11) is 0. The van der Waals surface area contributed by atoms with Gasteiger partial charge in [-0.25, -0.2) is 4.98 Å². The number of thiazole rings is 1. The summed E-state index contributed by atoms with van der Waals surface area (Å²) < 4.78 is 1.11. The second kappa shape index (κ2) is 6.16. The van der Waals surface area contributed by atoms with E-state index in [1.807, 2.05) is 0 Å². The molecule has 100 valence electrons. The lowest BCUT2D eigenvalue weighted by Gasteiger charge is -2.25. The van der Waals surface area contributed by atoms with Gasteiger partial charge >= 0.3 is 0 Å². The largest absolute Gasteiger partial charge is 0.297 e. The van der Waals surface area contributed by atoms with E-state index in [1.54, 1.807) is 11.3 Å². The van der Waals surface area contributed by atoms with Crippen molar-refractivity contribution in [3.05, 3.63) is 39.8 Å². The van der Waals surface area contributed by atoms with Gasteiger partial charge in [-0.05, 0) is 38.1 Å². The molecular weight excluding hydrogens is 320 g/mol. The Labute approximate surface area is 126 Å². The quantitative estimate of drug-likeness (QED) is 0.816. The van der Waals surface area contributed by atoms with E-state index in [9.17, 15) is 0 Å². The highest BCUT2D eigenvalue weighted by atomic mass is 79.9. The first-order chi connectivity index (χ1) is 9.31. The van der Waals surface area contributed by atoms with Crippen molar-refractivity contribution in [1.29, 1.82) is 0 Å². The molecule has 0 unspecified atom stereocenters. The predicted molar refractivity (Wildman–Crippen MR) is 84.4 cm³/mol. The lowest BCUT2D eigenvalue weighted by molar-refractivity contribution is 0.219. The topological polar surface area (TPSA) is 16.1 Å². The van der Waals surface area contributed by atoms with E-state index in [0.29, 0.717) is 0 Å². The van der Waals surface area contributed by atoms with Crippen LogP contribution in [0.4, 0.5) is 0 Å². The second-order valence-electron chi connectivity index (χ2n) is 4.99. The third-order valence-electron chi connectivity index (χ3n) is 3.48. The Hall–Kier alpha value is -0.710. The van der Waals surface area contributed by atoms with Crippen LogP contribution in [-0.2, 0) is 6.54 Å². The number of hydrogen-bond acceptors (Lipinski definition) is 3. The predicted octanol–water partition coefficient (Wildman–Crippen LogP) is 4.56. The van der Waals surface area contributed by atoms with Crippen LogP contribution in [0.3, 0.4) is 0 Å². The van der Waals surface area contributed by atoms with Crippen molar-refractivity contribution in [3.8, 4) is 10.6 Å². The Balaban J connectivity index is 1.70. The van der Waals surface area contributed by atoms with Gasteiger partial charge in [0.1, 0.15) is 5.01 Å². The zero-order valence-electron chi connectivity index (χ0n) is 10.8. The molecule has 19 heavy (non-hydrogen) atoms. The molecule has 0 radical (unpaired) electrons. The normalized spacial score (nSPS) is 16.7. The zero-order chi connectivity index (χ0) is 13.1. The lowest BCUT2D eigenvalue weighted by atomic mass is 10.1. The smallest absolute Gasteiger partial charge is 0.123 e. The van der Waals surface area contributed by atoms with Crippen LogP contribution in [0.1, 0.15) is 25.0 Å². The van der Waals surface area contributed by atoms with E-state index in [4.69, 9.17) is 4.98 Å². The highest BCUT2D eigenvalue weighted by Gasteiger charge is 2.12. The standard InChI is InChI=1S/C15H17BrN2S/c16-13-6-4-12(5-7-13)15-17-14(11-19-15)10-18-8-2-1-3-9-18/h4-7,11H,1-3,8-10H2. The van der Waals surface area contributed by atoms with Crippen molar-refractivity contribution in [2.45, 2.75) is 25.8 Å². The average molecular weight is 337 g/mol. The summed E-state index contributed by atoms with van der Waals surface area (Å²) >= 11 is 5.21. The van der Waals surface area contributed by atoms with E-state index in [1.165, 1.54) is 43.6 Å². The van der Waals surface area contributed by atoms with Gasteiger partial charge in [0.05, 0.1) is 5.69 Å². The van der Waals surface area contributed by atoms with Crippen LogP contribution in [0.2, 0.25) is 0 Å². The van der Waals surface area contributed by atoms with Gasteiger partial charge < -0.3 is 0 Å². The van der Waals surface area contributed by atoms with Gasteiger partial charge in [-0.1, -0.05) is 34.5 Å². The summed E-state index contributed by atoms with van der Waals surface area (Å²) in [6.07, 6.45) is 4.06. The SMILES string of the molecule is Brc1ccc(-c2nc(CN3CCCCC3)cs2)cc1. The van der Waals surface area contributed by atoms with Gasteiger partial charge in [-0.15, -0.1) is 11.3 Å². The molecule has 0 amide bonds. The van der Waals surface area contributed by atoms with E-state index < -0.39 is 0 Å². The highest BCUT2D eigenvalue weighted by Crippen LogP contribution is 2.26. The van der Waals surface area contributed by atoms with Crippen LogP contribution < -0.4 is 0 Å². The monoisotopic (exact) mass is 336 g/mol. The summed E-state index contributed by atoms with van der Waals surface area (Å²) in [5, 5.41) is 3.32. The summed E-state index contributed by atoms with van der Waals surface area (Å²) in [5.41, 5.74) is 2.42. The van der Waals surface area contributed by atoms with Crippen LogP contribution in [0.15, 0.2) is 34.1 Å². The first-order valence-corrected chi connectivity index (χ1v) is 8.41. The van der Waals surface area contributed by atoms with Gasteiger partial charge in [-0.3, -0.25) is 4.90 Å². The Bertz CT molecular complexity index is 529. The van der Waals surface area contributed by atoms with Gasteiger partial charge in [0.25, 0.3) is 0 Å². The molecule has 3 rings (SSSR count). The maximum absolute atomic E-state index is 4.77. The van der Waals surface area contributed by atoms with Crippen molar-refractivity contribution >= 4 is 27.3 Å². The number of hydrogen-bond donors (Lipinski definition) is 0. The Morgan fingerprint density at radius 3 is 2.58 bits per heavy atom. The maximum atomic E-state index is 4.77. The molecule has 2 nitrogen and oxygen atoms in total. The number of benzene rings is 1. The third-order valence-corrected chi connectivity index (χ3v) is 4.95. The number of aromatic nitrogens is 1. The fourth-order valence-electron chi connectivity index (χ4n) is 2.45. The van der Waals surface area contributed by atoms with Crippen molar-refractivity contribution < 1.29 is 0 Å². The number of piperidine rings is 1. The molecule has 4 heteroatoms. The zero-order valence-corrected chi connectivity index (χ0v) is 13.2. The lowest BCUT2D eigenvalue weighted by Crippen LogP contribution is -2.29. The van der Waals surface area contributed by atoms with Crippen molar-refractivity contribution in [2.24, 2.45) is 0 Å². The number of nitrogens with zero attached hydrogens (tertiary/aromatic N) is 2. The van der Waals surface area contributed by atoms with E-state index in [0.717, 1.165) is 16.0 Å². The molecule has 1 fully saturated rings. The molecule has 2 heterocycles. The van der Waals surface area contributed by atoms with E-state index >= 15 is 0 Å². The molecule has 0 bridgehead atoms. The van der Waals surface area contributed by atoms with E-state index in [-0.39, 0.29) is 0 Å². The van der Waals surface area contributed by atoms with E-state index in [2.05, 4.69) is 50.5 Å². The van der Waals surface area contributed by atoms with Crippen LogP contribution in [0, 0.1) is 0 Å².